The van der Waals surface area contributed by atoms with Gasteiger partial charge < -0.3 is 0 Å². The Balaban J connectivity index is 1.22. The number of hydrogen-bond acceptors (Lipinski definition) is 3. The quantitative estimate of drug-likeness (QED) is 0.169. The fraction of sp³-hybridized carbons (Fsp3) is 0.143. The van der Waals surface area contributed by atoms with Crippen molar-refractivity contribution in [3.8, 4) is 17.2 Å². The molecule has 2 nitrogen and oxygen atoms in total. The molecule has 0 spiro atoms. The lowest BCUT2D eigenvalue weighted by Crippen LogP contribution is -2.25. The average Bonchev–Trinajstić information content (AvgIpc) is 3.20. The first kappa shape index (κ1) is 32.2. The lowest BCUT2D eigenvalue weighted by atomic mass is 9.75. The summed E-state index contributed by atoms with van der Waals surface area (Å²) in [6, 6.07) is 55.0. The lowest BCUT2D eigenvalue weighted by Gasteiger charge is -2.35. The second-order valence-electron chi connectivity index (χ2n) is 14.5. The zero-order chi connectivity index (χ0) is 35.4. The Bertz CT molecular complexity index is 2640. The minimum Gasteiger partial charge on any atom is -0.252 e. The molecular weight excluding hydrogens is 649 g/mol. The summed E-state index contributed by atoms with van der Waals surface area (Å²) in [6.45, 7) is 6.82. The number of rotatable bonds is 5. The van der Waals surface area contributed by atoms with E-state index in [1.54, 1.807) is 11.8 Å². The average molecular weight is 687 g/mol. The van der Waals surface area contributed by atoms with Gasteiger partial charge >= 0.3 is 0 Å². The summed E-state index contributed by atoms with van der Waals surface area (Å²) in [4.78, 5) is 7.79. The van der Waals surface area contributed by atoms with E-state index in [9.17, 15) is 5.26 Å². The molecule has 2 atom stereocenters. The largest absolute Gasteiger partial charge is 0.252 e. The summed E-state index contributed by atoms with van der Waals surface area (Å²) >= 11 is 1.72. The minimum absolute atomic E-state index is 0.114. The Kier molecular flexibility index (Phi) is 7.95. The standard InChI is InChI=1S/C49H38N2S/c1-4-35-41(34-24-25-37-33(28-34)23-22-31-14-8-9-17-36(31)37)29-45(51-47(35)32-15-6-5-7-16-32)40-19-11-10-18-38(40)39-26-27-44-48(42(39)30-50)52-46-21-13-12-20-43(46)49(44,2)3/h5-29,35,41H,4H2,1-3H3. The van der Waals surface area contributed by atoms with Crippen molar-refractivity contribution >= 4 is 44.7 Å². The molecule has 7 aromatic rings. The van der Waals surface area contributed by atoms with Gasteiger partial charge in [-0.3, -0.25) is 4.99 Å². The number of nitriles is 1. The highest BCUT2D eigenvalue weighted by Gasteiger charge is 2.36. The van der Waals surface area contributed by atoms with Crippen LogP contribution in [-0.2, 0) is 5.41 Å². The number of aliphatic imine (C=N–C) groups is 1. The van der Waals surface area contributed by atoms with Gasteiger partial charge in [0.05, 0.1) is 17.0 Å². The molecule has 0 N–H and O–H groups in total. The normalized spacial score (nSPS) is 17.5. The number of benzene rings is 7. The Labute approximate surface area is 310 Å². The third-order valence-electron chi connectivity index (χ3n) is 11.2. The van der Waals surface area contributed by atoms with E-state index < -0.39 is 0 Å². The van der Waals surface area contributed by atoms with Gasteiger partial charge in [0.1, 0.15) is 6.07 Å². The summed E-state index contributed by atoms with van der Waals surface area (Å²) in [5.74, 6) is 0.316. The van der Waals surface area contributed by atoms with Crippen molar-refractivity contribution < 1.29 is 0 Å². The van der Waals surface area contributed by atoms with Crippen LogP contribution in [0, 0.1) is 17.2 Å². The van der Waals surface area contributed by atoms with Gasteiger partial charge in [0.25, 0.3) is 0 Å². The molecule has 2 aliphatic rings. The fourth-order valence-electron chi connectivity index (χ4n) is 8.54. The molecule has 3 heteroatoms. The highest BCUT2D eigenvalue weighted by molar-refractivity contribution is 7.99. The van der Waals surface area contributed by atoms with Crippen molar-refractivity contribution in [1.29, 1.82) is 5.26 Å². The Morgan fingerprint density at radius 2 is 1.38 bits per heavy atom. The predicted octanol–water partition coefficient (Wildman–Crippen LogP) is 13.0. The van der Waals surface area contributed by atoms with E-state index in [-0.39, 0.29) is 17.3 Å². The minimum atomic E-state index is -0.212. The SMILES string of the molecule is CCC1C(c2ccccc2)=NC(c2ccccc2-c2ccc3c(c2C#N)Sc2ccccc2C3(C)C)=CC1c1ccc2c(ccc3ccccc32)c1. The van der Waals surface area contributed by atoms with Crippen LogP contribution >= 0.6 is 11.8 Å². The van der Waals surface area contributed by atoms with Crippen LogP contribution in [0.3, 0.4) is 0 Å². The van der Waals surface area contributed by atoms with Crippen LogP contribution in [0.4, 0.5) is 0 Å². The van der Waals surface area contributed by atoms with E-state index in [1.165, 1.54) is 43.1 Å². The van der Waals surface area contributed by atoms with Crippen molar-refractivity contribution in [3.05, 3.63) is 185 Å². The summed E-state index contributed by atoms with van der Waals surface area (Å²) in [5, 5.41) is 15.9. The molecule has 0 amide bonds. The van der Waals surface area contributed by atoms with Gasteiger partial charge in [-0.2, -0.15) is 5.26 Å². The molecule has 0 radical (unpaired) electrons. The zero-order valence-corrected chi connectivity index (χ0v) is 30.4. The maximum Gasteiger partial charge on any atom is 0.101 e. The monoisotopic (exact) mass is 686 g/mol. The molecule has 52 heavy (non-hydrogen) atoms. The van der Waals surface area contributed by atoms with E-state index >= 15 is 0 Å². The highest BCUT2D eigenvalue weighted by Crippen LogP contribution is 2.52. The molecule has 2 aliphatic heterocycles. The van der Waals surface area contributed by atoms with E-state index in [4.69, 9.17) is 4.99 Å². The first-order valence-electron chi connectivity index (χ1n) is 18.2. The molecular formula is C49H38N2S. The van der Waals surface area contributed by atoms with E-state index in [1.807, 2.05) is 0 Å². The van der Waals surface area contributed by atoms with Crippen LogP contribution in [0.2, 0.25) is 0 Å². The summed E-state index contributed by atoms with van der Waals surface area (Å²) in [6.07, 6.45) is 3.34. The summed E-state index contributed by atoms with van der Waals surface area (Å²) < 4.78 is 0. The molecule has 0 bridgehead atoms. The molecule has 2 heterocycles. The predicted molar refractivity (Wildman–Crippen MR) is 218 cm³/mol. The van der Waals surface area contributed by atoms with Crippen molar-refractivity contribution in [2.75, 3.05) is 0 Å². The zero-order valence-electron chi connectivity index (χ0n) is 29.6. The van der Waals surface area contributed by atoms with Gasteiger partial charge in [0.15, 0.2) is 0 Å². The van der Waals surface area contributed by atoms with Gasteiger partial charge in [-0.25, -0.2) is 0 Å². The smallest absolute Gasteiger partial charge is 0.101 e. The van der Waals surface area contributed by atoms with Crippen molar-refractivity contribution in [1.82, 2.24) is 0 Å². The topological polar surface area (TPSA) is 36.1 Å². The third kappa shape index (κ3) is 5.21. The Hall–Kier alpha value is -5.69. The van der Waals surface area contributed by atoms with Crippen molar-refractivity contribution in [3.63, 3.8) is 0 Å². The van der Waals surface area contributed by atoms with E-state index in [2.05, 4.69) is 179 Å². The van der Waals surface area contributed by atoms with Crippen LogP contribution in [0.1, 0.15) is 66.5 Å². The third-order valence-corrected chi connectivity index (χ3v) is 12.4. The van der Waals surface area contributed by atoms with E-state index in [0.29, 0.717) is 0 Å². The number of hydrogen-bond donors (Lipinski definition) is 0. The number of allylic oxidation sites excluding steroid dienone is 1. The molecule has 0 fully saturated rings. The summed E-state index contributed by atoms with van der Waals surface area (Å²) in [7, 11) is 0. The number of nitrogens with zero attached hydrogens (tertiary/aromatic N) is 2. The van der Waals surface area contributed by atoms with Crippen LogP contribution in [-0.4, -0.2) is 5.71 Å². The second kappa shape index (κ2) is 12.8. The maximum atomic E-state index is 10.9. The Morgan fingerprint density at radius 1 is 0.673 bits per heavy atom. The second-order valence-corrected chi connectivity index (χ2v) is 15.5. The van der Waals surface area contributed by atoms with Gasteiger partial charge in [-0.15, -0.1) is 0 Å². The molecule has 2 unspecified atom stereocenters. The van der Waals surface area contributed by atoms with Gasteiger partial charge in [-0.05, 0) is 67.9 Å². The van der Waals surface area contributed by atoms with E-state index in [0.717, 1.165) is 50.5 Å². The first-order valence-corrected chi connectivity index (χ1v) is 19.0. The molecule has 0 saturated carbocycles. The van der Waals surface area contributed by atoms with Crippen LogP contribution in [0.5, 0.6) is 0 Å². The van der Waals surface area contributed by atoms with Crippen LogP contribution < -0.4 is 0 Å². The van der Waals surface area contributed by atoms with Crippen LogP contribution in [0.25, 0.3) is 38.4 Å². The van der Waals surface area contributed by atoms with Crippen molar-refractivity contribution in [2.45, 2.75) is 48.3 Å². The van der Waals surface area contributed by atoms with Crippen molar-refractivity contribution in [2.24, 2.45) is 10.9 Å². The molecule has 0 aromatic heterocycles. The molecule has 7 aromatic carbocycles. The lowest BCUT2D eigenvalue weighted by molar-refractivity contribution is 0.594. The molecule has 0 saturated heterocycles. The molecule has 0 aliphatic carbocycles. The fourth-order valence-corrected chi connectivity index (χ4v) is 10.0. The maximum absolute atomic E-state index is 10.9. The molecule has 9 rings (SSSR count). The van der Waals surface area contributed by atoms with Gasteiger partial charge in [0.2, 0.25) is 0 Å². The summed E-state index contributed by atoms with van der Waals surface area (Å²) in [5.41, 5.74) is 10.5. The first-order chi connectivity index (χ1) is 25.5. The highest BCUT2D eigenvalue weighted by atomic mass is 32.2. The Morgan fingerprint density at radius 3 is 2.21 bits per heavy atom. The molecule has 250 valence electrons. The van der Waals surface area contributed by atoms with Crippen LogP contribution in [0.15, 0.2) is 166 Å². The van der Waals surface area contributed by atoms with Gasteiger partial charge in [0, 0.05) is 38.2 Å². The number of fused-ring (bicyclic) bond motifs is 5. The van der Waals surface area contributed by atoms with Gasteiger partial charge in [-0.1, -0.05) is 172 Å².